The Morgan fingerprint density at radius 3 is 2.42 bits per heavy atom. The molecule has 2 N–H and O–H groups in total. The standard InChI is InChI=1S/C24H28FN5O/c1-24(2,18-10-8-17(9-11-18)19-6-4-5-7-20(19)25)21-16-22(31-28-21)27-23(26)30-14-12-29(3)13-15-30/h4-11,16H,12-15H2,1-3H3,(H2,26,27). The Morgan fingerprint density at radius 2 is 1.74 bits per heavy atom. The number of guanidine groups is 1. The van der Waals surface area contributed by atoms with E-state index in [1.54, 1.807) is 12.1 Å². The Morgan fingerprint density at radius 1 is 1.06 bits per heavy atom. The van der Waals surface area contributed by atoms with Crippen molar-refractivity contribution in [2.45, 2.75) is 19.3 Å². The summed E-state index contributed by atoms with van der Waals surface area (Å²) in [6, 6.07) is 16.5. The van der Waals surface area contributed by atoms with Crippen molar-refractivity contribution in [1.29, 1.82) is 0 Å². The Labute approximate surface area is 182 Å². The van der Waals surface area contributed by atoms with E-state index >= 15 is 0 Å². The summed E-state index contributed by atoms with van der Waals surface area (Å²) in [5, 5.41) is 4.24. The van der Waals surface area contributed by atoms with Crippen molar-refractivity contribution in [1.82, 2.24) is 15.0 Å². The molecule has 1 aliphatic rings. The smallest absolute Gasteiger partial charge is 0.253 e. The van der Waals surface area contributed by atoms with Crippen molar-refractivity contribution in [2.75, 3.05) is 33.2 Å². The second kappa shape index (κ2) is 8.51. The van der Waals surface area contributed by atoms with Gasteiger partial charge in [0.15, 0.2) is 5.96 Å². The van der Waals surface area contributed by atoms with E-state index in [1.165, 1.54) is 6.07 Å². The van der Waals surface area contributed by atoms with Crippen LogP contribution in [0.3, 0.4) is 0 Å². The lowest BCUT2D eigenvalue weighted by Crippen LogP contribution is -2.49. The molecule has 0 atom stereocenters. The van der Waals surface area contributed by atoms with Gasteiger partial charge in [-0.1, -0.05) is 61.5 Å². The van der Waals surface area contributed by atoms with E-state index < -0.39 is 5.41 Å². The van der Waals surface area contributed by atoms with Gasteiger partial charge in [-0.3, -0.25) is 0 Å². The molecule has 0 aliphatic carbocycles. The van der Waals surface area contributed by atoms with Crippen LogP contribution in [-0.4, -0.2) is 54.1 Å². The molecule has 6 nitrogen and oxygen atoms in total. The predicted octanol–water partition coefficient (Wildman–Crippen LogP) is 4.00. The molecular weight excluding hydrogens is 393 g/mol. The average Bonchev–Trinajstić information content (AvgIpc) is 3.24. The van der Waals surface area contributed by atoms with E-state index in [4.69, 9.17) is 10.3 Å². The maximum absolute atomic E-state index is 14.1. The van der Waals surface area contributed by atoms with Crippen LogP contribution in [0, 0.1) is 5.82 Å². The molecule has 0 spiro atoms. The van der Waals surface area contributed by atoms with E-state index in [2.05, 4.69) is 40.8 Å². The maximum atomic E-state index is 14.1. The highest BCUT2D eigenvalue weighted by atomic mass is 19.1. The highest BCUT2D eigenvalue weighted by Gasteiger charge is 2.27. The van der Waals surface area contributed by atoms with Gasteiger partial charge >= 0.3 is 0 Å². The van der Waals surface area contributed by atoms with Crippen molar-refractivity contribution in [3.8, 4) is 11.1 Å². The Balaban J connectivity index is 1.52. The number of hydrogen-bond acceptors (Lipinski definition) is 4. The summed E-state index contributed by atoms with van der Waals surface area (Å²) >= 11 is 0. The molecule has 1 aromatic heterocycles. The number of aromatic nitrogens is 1. The zero-order chi connectivity index (χ0) is 22.0. The van der Waals surface area contributed by atoms with Gasteiger partial charge in [0.05, 0.1) is 5.69 Å². The molecule has 2 aromatic carbocycles. The largest absolute Gasteiger partial charge is 0.369 e. The highest BCUT2D eigenvalue weighted by molar-refractivity contribution is 5.80. The fourth-order valence-corrected chi connectivity index (χ4v) is 3.74. The van der Waals surface area contributed by atoms with Crippen LogP contribution in [0.15, 0.2) is 64.1 Å². The summed E-state index contributed by atoms with van der Waals surface area (Å²) in [4.78, 5) is 8.74. The first-order valence-electron chi connectivity index (χ1n) is 10.4. The van der Waals surface area contributed by atoms with E-state index in [-0.39, 0.29) is 5.82 Å². The van der Waals surface area contributed by atoms with Crippen LogP contribution < -0.4 is 5.73 Å². The van der Waals surface area contributed by atoms with Crippen LogP contribution in [0.5, 0.6) is 0 Å². The summed E-state index contributed by atoms with van der Waals surface area (Å²) in [6.45, 7) is 7.72. The quantitative estimate of drug-likeness (QED) is 0.509. The summed E-state index contributed by atoms with van der Waals surface area (Å²) in [7, 11) is 2.10. The summed E-state index contributed by atoms with van der Waals surface area (Å²) in [6.07, 6.45) is 0. The third-order valence-electron chi connectivity index (χ3n) is 5.98. The lowest BCUT2D eigenvalue weighted by Gasteiger charge is -2.32. The van der Waals surface area contributed by atoms with Gasteiger partial charge in [-0.25, -0.2) is 4.39 Å². The number of benzene rings is 2. The highest BCUT2D eigenvalue weighted by Crippen LogP contribution is 2.34. The van der Waals surface area contributed by atoms with Gasteiger partial charge in [-0.2, -0.15) is 4.99 Å². The second-order valence-corrected chi connectivity index (χ2v) is 8.49. The topological polar surface area (TPSA) is 70.9 Å². The van der Waals surface area contributed by atoms with Gasteiger partial charge < -0.3 is 20.1 Å². The minimum Gasteiger partial charge on any atom is -0.369 e. The molecule has 3 aromatic rings. The molecule has 2 heterocycles. The van der Waals surface area contributed by atoms with Gasteiger partial charge in [-0.15, -0.1) is 0 Å². The van der Waals surface area contributed by atoms with Crippen LogP contribution in [-0.2, 0) is 5.41 Å². The number of halogens is 1. The molecule has 0 unspecified atom stereocenters. The fraction of sp³-hybridized carbons (Fsp3) is 0.333. The van der Waals surface area contributed by atoms with Crippen molar-refractivity contribution in [2.24, 2.45) is 10.7 Å². The van der Waals surface area contributed by atoms with Crippen molar-refractivity contribution < 1.29 is 8.91 Å². The normalized spacial score (nSPS) is 16.0. The number of piperazine rings is 1. The summed E-state index contributed by atoms with van der Waals surface area (Å²) < 4.78 is 19.5. The Hall–Kier alpha value is -3.19. The van der Waals surface area contributed by atoms with Gasteiger partial charge in [0.25, 0.3) is 5.88 Å². The number of hydrogen-bond donors (Lipinski definition) is 1. The number of nitrogens with zero attached hydrogens (tertiary/aromatic N) is 4. The van der Waals surface area contributed by atoms with Crippen LogP contribution >= 0.6 is 0 Å². The monoisotopic (exact) mass is 421 g/mol. The zero-order valence-corrected chi connectivity index (χ0v) is 18.2. The van der Waals surface area contributed by atoms with Crippen LogP contribution in [0.4, 0.5) is 10.3 Å². The lowest BCUT2D eigenvalue weighted by atomic mass is 9.81. The molecule has 1 aliphatic heterocycles. The van der Waals surface area contributed by atoms with Crippen molar-refractivity contribution in [3.05, 3.63) is 71.7 Å². The third-order valence-corrected chi connectivity index (χ3v) is 5.98. The SMILES string of the molecule is CN1CCN(C(N)=Nc2cc(C(C)(C)c3ccc(-c4ccccc4F)cc3)no2)CC1. The lowest BCUT2D eigenvalue weighted by molar-refractivity contribution is 0.214. The predicted molar refractivity (Wildman–Crippen MR) is 121 cm³/mol. The van der Waals surface area contributed by atoms with Gasteiger partial charge in [0.1, 0.15) is 5.82 Å². The first-order chi connectivity index (χ1) is 14.8. The molecule has 0 bridgehead atoms. The minimum absolute atomic E-state index is 0.230. The van der Waals surface area contributed by atoms with Crippen LogP contribution in [0.1, 0.15) is 25.1 Å². The Kier molecular flexibility index (Phi) is 5.78. The first-order valence-corrected chi connectivity index (χ1v) is 10.4. The van der Waals surface area contributed by atoms with Crippen LogP contribution in [0.25, 0.3) is 11.1 Å². The molecule has 7 heteroatoms. The fourth-order valence-electron chi connectivity index (χ4n) is 3.74. The molecular formula is C24H28FN5O. The van der Waals surface area contributed by atoms with Gasteiger partial charge in [0, 0.05) is 43.2 Å². The number of aliphatic imine (C=N–C) groups is 1. The molecule has 4 rings (SSSR count). The number of likely N-dealkylation sites (N-methyl/N-ethyl adjacent to an activating group) is 1. The van der Waals surface area contributed by atoms with E-state index in [9.17, 15) is 4.39 Å². The van der Waals surface area contributed by atoms with Crippen molar-refractivity contribution in [3.63, 3.8) is 0 Å². The van der Waals surface area contributed by atoms with Gasteiger partial charge in [-0.05, 0) is 24.2 Å². The molecule has 0 saturated carbocycles. The van der Waals surface area contributed by atoms with Gasteiger partial charge in [0.2, 0.25) is 0 Å². The number of nitrogens with two attached hydrogens (primary N) is 1. The molecule has 1 saturated heterocycles. The second-order valence-electron chi connectivity index (χ2n) is 8.49. The molecule has 0 amide bonds. The molecule has 162 valence electrons. The summed E-state index contributed by atoms with van der Waals surface area (Å²) in [5.41, 5.74) is 9.00. The zero-order valence-electron chi connectivity index (χ0n) is 18.2. The third kappa shape index (κ3) is 4.46. The minimum atomic E-state index is -0.409. The first kappa shape index (κ1) is 21.1. The summed E-state index contributed by atoms with van der Waals surface area (Å²) in [5.74, 6) is 0.608. The number of rotatable bonds is 4. The van der Waals surface area contributed by atoms with E-state index in [0.717, 1.165) is 43.0 Å². The molecule has 31 heavy (non-hydrogen) atoms. The van der Waals surface area contributed by atoms with E-state index in [0.29, 0.717) is 17.4 Å². The van der Waals surface area contributed by atoms with Crippen LogP contribution in [0.2, 0.25) is 0 Å². The average molecular weight is 422 g/mol. The Bertz CT molecular complexity index is 1070. The van der Waals surface area contributed by atoms with E-state index in [1.807, 2.05) is 36.4 Å². The molecule has 1 fully saturated rings. The molecule has 0 radical (unpaired) electrons. The maximum Gasteiger partial charge on any atom is 0.253 e. The van der Waals surface area contributed by atoms with Crippen molar-refractivity contribution >= 4 is 11.8 Å².